The van der Waals surface area contributed by atoms with Crippen LogP contribution in [0, 0.1) is 0 Å². The van der Waals surface area contributed by atoms with Crippen molar-refractivity contribution in [1.29, 1.82) is 0 Å². The molecule has 0 unspecified atom stereocenters. The van der Waals surface area contributed by atoms with Crippen LogP contribution >= 0.6 is 19.4 Å². The Morgan fingerprint density at radius 2 is 2.12 bits per heavy atom. The molecule has 0 bridgehead atoms. The van der Waals surface area contributed by atoms with Gasteiger partial charge in [-0.15, -0.1) is 0 Å². The first kappa shape index (κ1) is 24.6. The Labute approximate surface area is 195 Å². The fourth-order valence-corrected chi connectivity index (χ4v) is 5.28. The summed E-state index contributed by atoms with van der Waals surface area (Å²) < 4.78 is 35.5. The molecule has 34 heavy (non-hydrogen) atoms. The first-order valence-electron chi connectivity index (χ1n) is 9.92. The van der Waals surface area contributed by atoms with E-state index in [0.717, 1.165) is 16.8 Å². The van der Waals surface area contributed by atoms with Crippen molar-refractivity contribution in [3.8, 4) is 0 Å². The number of aromatic amines is 1. The molecule has 2 fully saturated rings. The van der Waals surface area contributed by atoms with E-state index < -0.39 is 55.9 Å². The van der Waals surface area contributed by atoms with E-state index in [-0.39, 0.29) is 6.61 Å². The SMILES string of the molecule is [N-]=[N+]=N[C@]1(CO[P@]2(=O)OCC[C@H](c3ccccc3Cl)O2)O[C@@H](n2ccc(=O)[nH]c2=O)[C@H](O)[C@@H]1O. The van der Waals surface area contributed by atoms with E-state index in [2.05, 4.69) is 10.0 Å². The molecular formula is C18H19ClN5O9P. The highest BCUT2D eigenvalue weighted by atomic mass is 35.5. The Bertz CT molecular complexity index is 1280. The lowest BCUT2D eigenvalue weighted by atomic mass is 10.1. The molecule has 3 heterocycles. The largest absolute Gasteiger partial charge is 0.475 e. The zero-order valence-electron chi connectivity index (χ0n) is 17.3. The molecule has 14 nitrogen and oxygen atoms in total. The maximum atomic E-state index is 13.1. The van der Waals surface area contributed by atoms with Gasteiger partial charge in [-0.2, -0.15) is 0 Å². The molecule has 1 aromatic carbocycles. The summed E-state index contributed by atoms with van der Waals surface area (Å²) in [5.41, 5.74) is 5.64. The van der Waals surface area contributed by atoms with E-state index >= 15 is 0 Å². The number of H-pyrrole nitrogens is 1. The van der Waals surface area contributed by atoms with Crippen LogP contribution in [0.1, 0.15) is 24.3 Å². The van der Waals surface area contributed by atoms with Crippen molar-refractivity contribution in [2.45, 2.75) is 36.7 Å². The predicted octanol–water partition coefficient (Wildman–Crippen LogP) is 1.75. The highest BCUT2D eigenvalue weighted by Gasteiger charge is 2.56. The number of phosphoric acid groups is 1. The predicted molar refractivity (Wildman–Crippen MR) is 115 cm³/mol. The van der Waals surface area contributed by atoms with Crippen molar-refractivity contribution in [2.75, 3.05) is 13.2 Å². The molecule has 2 aromatic rings. The highest BCUT2D eigenvalue weighted by molar-refractivity contribution is 7.48. The molecule has 0 aliphatic carbocycles. The Kier molecular flexibility index (Phi) is 6.97. The van der Waals surface area contributed by atoms with Gasteiger partial charge in [0.1, 0.15) is 12.2 Å². The minimum absolute atomic E-state index is 0.0108. The average Bonchev–Trinajstić information content (AvgIpc) is 3.04. The van der Waals surface area contributed by atoms with Crippen LogP contribution in [-0.2, 0) is 22.9 Å². The normalized spacial score (nSPS) is 33.4. The molecule has 2 saturated heterocycles. The van der Waals surface area contributed by atoms with Crippen LogP contribution in [0.3, 0.4) is 0 Å². The van der Waals surface area contributed by atoms with Gasteiger partial charge in [0.25, 0.3) is 5.56 Å². The summed E-state index contributed by atoms with van der Waals surface area (Å²) in [7, 11) is -4.26. The fourth-order valence-electron chi connectivity index (χ4n) is 3.63. The van der Waals surface area contributed by atoms with Crippen molar-refractivity contribution in [2.24, 2.45) is 5.11 Å². The number of aliphatic hydroxyl groups excluding tert-OH is 2. The second kappa shape index (κ2) is 9.62. The number of halogens is 1. The topological polar surface area (TPSA) is 198 Å². The smallest absolute Gasteiger partial charge is 0.387 e. The number of azide groups is 1. The van der Waals surface area contributed by atoms with Gasteiger partial charge < -0.3 is 14.9 Å². The lowest BCUT2D eigenvalue weighted by molar-refractivity contribution is -0.127. The average molecular weight is 516 g/mol. The van der Waals surface area contributed by atoms with Crippen molar-refractivity contribution < 1.29 is 33.1 Å². The van der Waals surface area contributed by atoms with Gasteiger partial charge in [0.05, 0.1) is 19.3 Å². The zero-order valence-corrected chi connectivity index (χ0v) is 18.9. The number of ether oxygens (including phenoxy) is 1. The molecule has 1 aromatic heterocycles. The van der Waals surface area contributed by atoms with Crippen LogP contribution in [0.4, 0.5) is 0 Å². The Morgan fingerprint density at radius 1 is 1.35 bits per heavy atom. The molecule has 2 aliphatic heterocycles. The number of benzene rings is 1. The van der Waals surface area contributed by atoms with Gasteiger partial charge in [0.15, 0.2) is 6.23 Å². The second-order valence-electron chi connectivity index (χ2n) is 7.45. The lowest BCUT2D eigenvalue weighted by Gasteiger charge is -2.32. The monoisotopic (exact) mass is 515 g/mol. The van der Waals surface area contributed by atoms with Crippen LogP contribution in [0.2, 0.25) is 5.02 Å². The molecular weight excluding hydrogens is 497 g/mol. The van der Waals surface area contributed by atoms with Gasteiger partial charge in [0, 0.05) is 34.2 Å². The Hall–Kier alpha value is -2.51. The third-order valence-corrected chi connectivity index (χ3v) is 7.11. The molecule has 16 heteroatoms. The number of hydrogen-bond acceptors (Lipinski definition) is 10. The molecule has 182 valence electrons. The van der Waals surface area contributed by atoms with Crippen LogP contribution in [0.5, 0.6) is 0 Å². The van der Waals surface area contributed by atoms with Gasteiger partial charge in [0.2, 0.25) is 5.72 Å². The third kappa shape index (κ3) is 4.68. The van der Waals surface area contributed by atoms with E-state index in [1.54, 1.807) is 24.3 Å². The number of aromatic nitrogens is 2. The standard InChI is InChI=1S/C18H19ClN5O9P/c19-11-4-2-1-3-10(11)12-6-8-30-34(29,33-12)31-9-18(22-23-20)15(27)14(26)16(32-18)24-7-5-13(25)21-17(24)28/h1-5,7,12,14-16,26-27H,6,8-9H2,(H,21,25,28)/t12-,14-,15+,16-,18-,34+/m1/s1. The summed E-state index contributed by atoms with van der Waals surface area (Å²) in [6.07, 6.45) is -4.65. The Morgan fingerprint density at radius 3 is 2.82 bits per heavy atom. The van der Waals surface area contributed by atoms with Crippen LogP contribution in [0.25, 0.3) is 10.4 Å². The van der Waals surface area contributed by atoms with Crippen molar-refractivity contribution in [3.05, 3.63) is 78.4 Å². The molecule has 0 spiro atoms. The minimum atomic E-state index is -4.26. The fraction of sp³-hybridized carbons (Fsp3) is 0.444. The van der Waals surface area contributed by atoms with Gasteiger partial charge >= 0.3 is 13.5 Å². The molecule has 6 atom stereocenters. The molecule has 3 N–H and O–H groups in total. The molecule has 0 radical (unpaired) electrons. The molecule has 4 rings (SSSR count). The summed E-state index contributed by atoms with van der Waals surface area (Å²) >= 11 is 6.19. The summed E-state index contributed by atoms with van der Waals surface area (Å²) in [6, 6.07) is 7.77. The van der Waals surface area contributed by atoms with Crippen molar-refractivity contribution >= 4 is 19.4 Å². The van der Waals surface area contributed by atoms with E-state index in [1.807, 2.05) is 4.98 Å². The van der Waals surface area contributed by atoms with Gasteiger partial charge in [-0.1, -0.05) is 34.9 Å². The zero-order chi connectivity index (χ0) is 24.5. The van der Waals surface area contributed by atoms with Crippen LogP contribution in [-0.4, -0.2) is 50.9 Å². The molecule has 0 amide bonds. The summed E-state index contributed by atoms with van der Waals surface area (Å²) in [4.78, 5) is 28.0. The summed E-state index contributed by atoms with van der Waals surface area (Å²) in [5.74, 6) is 0. The number of phosphoric ester groups is 1. The van der Waals surface area contributed by atoms with Gasteiger partial charge in [-0.3, -0.25) is 27.9 Å². The number of aliphatic hydroxyl groups is 2. The summed E-state index contributed by atoms with van der Waals surface area (Å²) in [6.45, 7) is -0.875. The first-order chi connectivity index (χ1) is 16.2. The quantitative estimate of drug-likeness (QED) is 0.222. The van der Waals surface area contributed by atoms with Crippen LogP contribution in [0.15, 0.2) is 51.2 Å². The molecule has 2 aliphatic rings. The number of rotatable bonds is 6. The third-order valence-electron chi connectivity index (χ3n) is 5.31. The lowest BCUT2D eigenvalue weighted by Crippen LogP contribution is -2.45. The number of hydrogen-bond donors (Lipinski definition) is 3. The Balaban J connectivity index is 1.56. The van der Waals surface area contributed by atoms with E-state index in [1.165, 1.54) is 0 Å². The van der Waals surface area contributed by atoms with Crippen molar-refractivity contribution in [3.63, 3.8) is 0 Å². The van der Waals surface area contributed by atoms with Crippen LogP contribution < -0.4 is 11.2 Å². The molecule has 0 saturated carbocycles. The second-order valence-corrected chi connectivity index (χ2v) is 9.48. The van der Waals surface area contributed by atoms with Gasteiger partial charge in [-0.25, -0.2) is 9.36 Å². The maximum Gasteiger partial charge on any atom is 0.475 e. The van der Waals surface area contributed by atoms with E-state index in [4.69, 9.17) is 35.4 Å². The number of nitrogens with zero attached hydrogens (tertiary/aromatic N) is 4. The maximum absolute atomic E-state index is 13.1. The van der Waals surface area contributed by atoms with Crippen molar-refractivity contribution in [1.82, 2.24) is 9.55 Å². The van der Waals surface area contributed by atoms with Gasteiger partial charge in [-0.05, 0) is 11.6 Å². The minimum Gasteiger partial charge on any atom is -0.387 e. The highest BCUT2D eigenvalue weighted by Crippen LogP contribution is 2.58. The summed E-state index contributed by atoms with van der Waals surface area (Å²) in [5, 5.41) is 24.9. The van der Waals surface area contributed by atoms with E-state index in [9.17, 15) is 24.4 Å². The number of nitrogens with one attached hydrogen (secondary N) is 1. The van der Waals surface area contributed by atoms with E-state index in [0.29, 0.717) is 17.0 Å². The first-order valence-corrected chi connectivity index (χ1v) is 11.8.